The van der Waals surface area contributed by atoms with Crippen molar-refractivity contribution in [1.29, 1.82) is 0 Å². The number of hydrogen-bond donors (Lipinski definition) is 1. The van der Waals surface area contributed by atoms with E-state index < -0.39 is 0 Å². The molecule has 0 bridgehead atoms. The van der Waals surface area contributed by atoms with Crippen LogP contribution in [-0.4, -0.2) is 5.54 Å². The molecule has 0 aliphatic heterocycles. The van der Waals surface area contributed by atoms with Gasteiger partial charge in [-0.3, -0.25) is 0 Å². The van der Waals surface area contributed by atoms with E-state index in [1.54, 1.807) is 0 Å². The molecule has 1 heteroatoms. The SMILES string of the molecule is CCC[C@]1(C)C(CCCC(C)CC)CCC1(C)C(C)(N)C[C@H](CC)C1CCCCC1(C)C. The third-order valence-electron chi connectivity index (χ3n) is 11.5. The minimum Gasteiger partial charge on any atom is -0.325 e. The van der Waals surface area contributed by atoms with Crippen LogP contribution in [0.15, 0.2) is 0 Å². The molecule has 0 aromatic rings. The maximum absolute atomic E-state index is 7.49. The first-order valence-corrected chi connectivity index (χ1v) is 14.7. The maximum Gasteiger partial charge on any atom is 0.0188 e. The van der Waals surface area contributed by atoms with Crippen LogP contribution in [0, 0.1) is 39.9 Å². The summed E-state index contributed by atoms with van der Waals surface area (Å²) in [7, 11) is 0. The van der Waals surface area contributed by atoms with Crippen LogP contribution in [0.2, 0.25) is 0 Å². The average molecular weight is 448 g/mol. The van der Waals surface area contributed by atoms with Crippen LogP contribution in [0.25, 0.3) is 0 Å². The van der Waals surface area contributed by atoms with Crippen molar-refractivity contribution in [2.45, 2.75) is 158 Å². The van der Waals surface area contributed by atoms with Crippen LogP contribution in [-0.2, 0) is 0 Å². The fourth-order valence-electron chi connectivity index (χ4n) is 8.57. The molecule has 2 fully saturated rings. The number of nitrogens with two attached hydrogens (primary N) is 1. The van der Waals surface area contributed by atoms with Gasteiger partial charge in [-0.25, -0.2) is 0 Å². The minimum atomic E-state index is -0.0867. The molecule has 190 valence electrons. The Balaban J connectivity index is 2.22. The van der Waals surface area contributed by atoms with E-state index in [2.05, 4.69) is 62.3 Å². The summed E-state index contributed by atoms with van der Waals surface area (Å²) in [4.78, 5) is 0. The van der Waals surface area contributed by atoms with Crippen LogP contribution in [0.3, 0.4) is 0 Å². The second-order valence-electron chi connectivity index (χ2n) is 13.8. The van der Waals surface area contributed by atoms with E-state index in [0.29, 0.717) is 10.8 Å². The molecule has 2 rings (SSSR count). The molecule has 2 aliphatic rings. The zero-order valence-electron chi connectivity index (χ0n) is 23.8. The Labute approximate surface area is 203 Å². The van der Waals surface area contributed by atoms with Crippen LogP contribution in [0.1, 0.15) is 152 Å². The van der Waals surface area contributed by atoms with Gasteiger partial charge in [0.1, 0.15) is 0 Å². The maximum atomic E-state index is 7.49. The number of hydrogen-bond acceptors (Lipinski definition) is 1. The molecule has 5 unspecified atom stereocenters. The van der Waals surface area contributed by atoms with Crippen molar-refractivity contribution in [3.8, 4) is 0 Å². The second kappa shape index (κ2) is 11.1. The second-order valence-corrected chi connectivity index (χ2v) is 13.8. The largest absolute Gasteiger partial charge is 0.325 e. The summed E-state index contributed by atoms with van der Waals surface area (Å²) in [6, 6.07) is 0. The minimum absolute atomic E-state index is 0.0867. The highest BCUT2D eigenvalue weighted by Crippen LogP contribution is 2.65. The van der Waals surface area contributed by atoms with Gasteiger partial charge in [-0.2, -0.15) is 0 Å². The summed E-state index contributed by atoms with van der Waals surface area (Å²) in [5, 5.41) is 0. The van der Waals surface area contributed by atoms with Gasteiger partial charge >= 0.3 is 0 Å². The molecule has 2 N–H and O–H groups in total. The van der Waals surface area contributed by atoms with E-state index in [1.165, 1.54) is 89.9 Å². The van der Waals surface area contributed by atoms with Gasteiger partial charge in [0.2, 0.25) is 0 Å². The Morgan fingerprint density at radius 1 is 0.969 bits per heavy atom. The quantitative estimate of drug-likeness (QED) is 0.316. The lowest BCUT2D eigenvalue weighted by Gasteiger charge is -2.56. The van der Waals surface area contributed by atoms with Crippen molar-refractivity contribution < 1.29 is 0 Å². The summed E-state index contributed by atoms with van der Waals surface area (Å²) in [5.41, 5.74) is 8.51. The molecule has 2 saturated carbocycles. The molecule has 0 aromatic heterocycles. The first kappa shape index (κ1) is 28.2. The monoisotopic (exact) mass is 447 g/mol. The van der Waals surface area contributed by atoms with Crippen molar-refractivity contribution in [3.63, 3.8) is 0 Å². The Kier molecular flexibility index (Phi) is 9.81. The summed E-state index contributed by atoms with van der Waals surface area (Å²) < 4.78 is 0. The highest BCUT2D eigenvalue weighted by atomic mass is 14.8. The zero-order chi connectivity index (χ0) is 24.2. The molecule has 0 heterocycles. The van der Waals surface area contributed by atoms with Crippen molar-refractivity contribution in [3.05, 3.63) is 0 Å². The Morgan fingerprint density at radius 3 is 2.22 bits per heavy atom. The summed E-state index contributed by atoms with van der Waals surface area (Å²) >= 11 is 0. The lowest BCUT2D eigenvalue weighted by atomic mass is 9.51. The van der Waals surface area contributed by atoms with Gasteiger partial charge < -0.3 is 5.73 Å². The van der Waals surface area contributed by atoms with E-state index in [-0.39, 0.29) is 11.0 Å². The van der Waals surface area contributed by atoms with Crippen molar-refractivity contribution in [2.24, 2.45) is 45.7 Å². The zero-order valence-corrected chi connectivity index (χ0v) is 23.8. The first-order chi connectivity index (χ1) is 14.9. The normalized spacial score (nSPS) is 36.6. The van der Waals surface area contributed by atoms with Crippen LogP contribution in [0.5, 0.6) is 0 Å². The molecule has 32 heavy (non-hydrogen) atoms. The van der Waals surface area contributed by atoms with Crippen LogP contribution >= 0.6 is 0 Å². The fraction of sp³-hybridized carbons (Fsp3) is 1.00. The Morgan fingerprint density at radius 2 is 1.66 bits per heavy atom. The van der Waals surface area contributed by atoms with E-state index in [0.717, 1.165) is 23.7 Å². The molecule has 1 nitrogen and oxygen atoms in total. The van der Waals surface area contributed by atoms with E-state index in [1.807, 2.05) is 0 Å². The third kappa shape index (κ3) is 5.60. The van der Waals surface area contributed by atoms with E-state index in [4.69, 9.17) is 5.73 Å². The molecule has 0 amide bonds. The predicted octanol–water partition coefficient (Wildman–Crippen LogP) is 9.78. The van der Waals surface area contributed by atoms with E-state index >= 15 is 0 Å². The molecule has 7 atom stereocenters. The molecule has 0 radical (unpaired) electrons. The van der Waals surface area contributed by atoms with Gasteiger partial charge in [-0.1, -0.05) is 100 Å². The predicted molar refractivity (Wildman–Crippen MR) is 144 cm³/mol. The van der Waals surface area contributed by atoms with Gasteiger partial charge in [0.05, 0.1) is 0 Å². The summed E-state index contributed by atoms with van der Waals surface area (Å²) in [6.45, 7) is 22.4. The highest BCUT2D eigenvalue weighted by Gasteiger charge is 2.60. The standard InChI is InChI=1S/C31H61N/c1-10-20-29(7)26(17-15-16-24(4)11-2)19-22-30(29,8)31(9,32)23-25(12-3)27-18-13-14-21-28(27,5)6/h24-27H,10-23,32H2,1-9H3/t24?,25-,26?,27?,29+,30?,31?/m0/s1. The molecular formula is C31H61N. The van der Waals surface area contributed by atoms with Gasteiger partial charge in [0, 0.05) is 5.54 Å². The molecule has 0 saturated heterocycles. The Hall–Kier alpha value is -0.0400. The lowest BCUT2D eigenvalue weighted by Crippen LogP contribution is -2.59. The number of rotatable bonds is 12. The van der Waals surface area contributed by atoms with Gasteiger partial charge in [-0.15, -0.1) is 0 Å². The van der Waals surface area contributed by atoms with Crippen molar-refractivity contribution in [2.75, 3.05) is 0 Å². The molecule has 0 spiro atoms. The van der Waals surface area contributed by atoms with Gasteiger partial charge in [0.15, 0.2) is 0 Å². The lowest BCUT2D eigenvalue weighted by molar-refractivity contribution is -0.0349. The highest BCUT2D eigenvalue weighted by molar-refractivity contribution is 5.13. The van der Waals surface area contributed by atoms with Gasteiger partial charge in [0.25, 0.3) is 0 Å². The van der Waals surface area contributed by atoms with Gasteiger partial charge in [-0.05, 0) is 91.8 Å². The first-order valence-electron chi connectivity index (χ1n) is 14.7. The molecular weight excluding hydrogens is 386 g/mol. The third-order valence-corrected chi connectivity index (χ3v) is 11.5. The topological polar surface area (TPSA) is 26.0 Å². The molecule has 0 aromatic carbocycles. The summed E-state index contributed by atoms with van der Waals surface area (Å²) in [5.74, 6) is 3.35. The Bertz CT molecular complexity index is 563. The molecule has 2 aliphatic carbocycles. The smallest absolute Gasteiger partial charge is 0.0188 e. The fourth-order valence-corrected chi connectivity index (χ4v) is 8.57. The van der Waals surface area contributed by atoms with Crippen molar-refractivity contribution >= 4 is 0 Å². The van der Waals surface area contributed by atoms with Crippen LogP contribution in [0.4, 0.5) is 0 Å². The van der Waals surface area contributed by atoms with Crippen molar-refractivity contribution in [1.82, 2.24) is 0 Å². The summed E-state index contributed by atoms with van der Waals surface area (Å²) in [6.07, 6.45) is 19.1. The average Bonchev–Trinajstić information content (AvgIpc) is 2.98. The van der Waals surface area contributed by atoms with E-state index in [9.17, 15) is 0 Å². The van der Waals surface area contributed by atoms with Crippen LogP contribution < -0.4 is 5.73 Å².